The molecule has 2 N–H and O–H groups in total. The number of anilines is 1. The Hall–Kier alpha value is -1.58. The molecule has 0 spiro atoms. The van der Waals surface area contributed by atoms with E-state index in [2.05, 4.69) is 5.32 Å². The summed E-state index contributed by atoms with van der Waals surface area (Å²) in [6.45, 7) is 5.48. The molecule has 0 bridgehead atoms. The standard InChI is InChI=1S/C12H16FNO2/c1-4-12(2,3)11(16)14-10-6-5-8(15)7-9(10)13/h5-7,15H,4H2,1-3H3,(H,14,16). The van der Waals surface area contributed by atoms with Crippen LogP contribution in [0.3, 0.4) is 0 Å². The highest BCUT2D eigenvalue weighted by Gasteiger charge is 2.25. The lowest BCUT2D eigenvalue weighted by Gasteiger charge is -2.21. The molecule has 0 aliphatic carbocycles. The first kappa shape index (κ1) is 12.5. The topological polar surface area (TPSA) is 49.3 Å². The Morgan fingerprint density at radius 1 is 1.50 bits per heavy atom. The van der Waals surface area contributed by atoms with Gasteiger partial charge in [0.05, 0.1) is 5.69 Å². The van der Waals surface area contributed by atoms with Crippen LogP contribution in [0.2, 0.25) is 0 Å². The Morgan fingerprint density at radius 2 is 2.12 bits per heavy atom. The van der Waals surface area contributed by atoms with Crippen LogP contribution in [-0.2, 0) is 4.79 Å². The van der Waals surface area contributed by atoms with Crippen molar-refractivity contribution in [3.63, 3.8) is 0 Å². The summed E-state index contributed by atoms with van der Waals surface area (Å²) in [5, 5.41) is 11.5. The molecule has 0 unspecified atom stereocenters. The van der Waals surface area contributed by atoms with E-state index in [0.717, 1.165) is 6.07 Å². The van der Waals surface area contributed by atoms with Gasteiger partial charge in [0.1, 0.15) is 11.6 Å². The largest absolute Gasteiger partial charge is 0.508 e. The molecular weight excluding hydrogens is 209 g/mol. The van der Waals surface area contributed by atoms with Crippen LogP contribution in [0.25, 0.3) is 0 Å². The summed E-state index contributed by atoms with van der Waals surface area (Å²) in [5.41, 5.74) is -0.450. The zero-order valence-electron chi connectivity index (χ0n) is 9.67. The van der Waals surface area contributed by atoms with Crippen LogP contribution in [0.5, 0.6) is 5.75 Å². The Kier molecular flexibility index (Phi) is 3.52. The highest BCUT2D eigenvalue weighted by molar-refractivity contribution is 5.94. The monoisotopic (exact) mass is 225 g/mol. The van der Waals surface area contributed by atoms with Crippen molar-refractivity contribution in [3.05, 3.63) is 24.0 Å². The van der Waals surface area contributed by atoms with Gasteiger partial charge in [-0.05, 0) is 18.6 Å². The van der Waals surface area contributed by atoms with Gasteiger partial charge < -0.3 is 10.4 Å². The van der Waals surface area contributed by atoms with Crippen LogP contribution >= 0.6 is 0 Å². The van der Waals surface area contributed by atoms with Crippen LogP contribution in [0.4, 0.5) is 10.1 Å². The molecule has 0 atom stereocenters. The van der Waals surface area contributed by atoms with Crippen LogP contribution < -0.4 is 5.32 Å². The van der Waals surface area contributed by atoms with E-state index in [1.165, 1.54) is 12.1 Å². The van der Waals surface area contributed by atoms with Crippen LogP contribution in [0, 0.1) is 11.2 Å². The molecule has 0 radical (unpaired) electrons. The second kappa shape index (κ2) is 4.51. The molecule has 16 heavy (non-hydrogen) atoms. The first-order chi connectivity index (χ1) is 7.36. The van der Waals surface area contributed by atoms with Gasteiger partial charge in [0.15, 0.2) is 0 Å². The van der Waals surface area contributed by atoms with Gasteiger partial charge in [0, 0.05) is 11.5 Å². The van der Waals surface area contributed by atoms with E-state index in [1.807, 2.05) is 6.92 Å². The Labute approximate surface area is 94.3 Å². The van der Waals surface area contributed by atoms with Crippen molar-refractivity contribution in [2.75, 3.05) is 5.32 Å². The fourth-order valence-corrected chi connectivity index (χ4v) is 1.06. The van der Waals surface area contributed by atoms with Crippen molar-refractivity contribution < 1.29 is 14.3 Å². The highest BCUT2D eigenvalue weighted by Crippen LogP contribution is 2.24. The van der Waals surface area contributed by atoms with E-state index in [9.17, 15) is 9.18 Å². The minimum absolute atomic E-state index is 0.0873. The quantitative estimate of drug-likeness (QED) is 0.777. The number of aromatic hydroxyl groups is 1. The van der Waals surface area contributed by atoms with E-state index in [-0.39, 0.29) is 17.3 Å². The molecule has 1 amide bonds. The number of benzene rings is 1. The Bertz CT molecular complexity index is 402. The van der Waals surface area contributed by atoms with E-state index in [1.54, 1.807) is 13.8 Å². The average Bonchev–Trinajstić information content (AvgIpc) is 2.22. The SMILES string of the molecule is CCC(C)(C)C(=O)Nc1ccc(O)cc1F. The van der Waals surface area contributed by atoms with Gasteiger partial charge >= 0.3 is 0 Å². The molecule has 3 nitrogen and oxygen atoms in total. The summed E-state index contributed by atoms with van der Waals surface area (Å²) in [4.78, 5) is 11.8. The number of rotatable bonds is 3. The first-order valence-corrected chi connectivity index (χ1v) is 5.17. The van der Waals surface area contributed by atoms with Crippen molar-refractivity contribution in [2.45, 2.75) is 27.2 Å². The molecule has 0 fully saturated rings. The number of hydrogen-bond donors (Lipinski definition) is 2. The summed E-state index contributed by atoms with van der Waals surface area (Å²) in [6, 6.07) is 3.64. The lowest BCUT2D eigenvalue weighted by Crippen LogP contribution is -2.30. The summed E-state index contributed by atoms with van der Waals surface area (Å²) in [7, 11) is 0. The van der Waals surface area contributed by atoms with Crippen LogP contribution in [-0.4, -0.2) is 11.0 Å². The van der Waals surface area contributed by atoms with E-state index >= 15 is 0 Å². The fourth-order valence-electron chi connectivity index (χ4n) is 1.06. The van der Waals surface area contributed by atoms with E-state index in [4.69, 9.17) is 5.11 Å². The predicted molar refractivity (Wildman–Crippen MR) is 60.8 cm³/mol. The molecular formula is C12H16FNO2. The van der Waals surface area contributed by atoms with Crippen molar-refractivity contribution >= 4 is 11.6 Å². The molecule has 0 saturated heterocycles. The van der Waals surface area contributed by atoms with Crippen molar-refractivity contribution in [1.82, 2.24) is 0 Å². The van der Waals surface area contributed by atoms with E-state index in [0.29, 0.717) is 6.42 Å². The van der Waals surface area contributed by atoms with Gasteiger partial charge in [0.25, 0.3) is 0 Å². The lowest BCUT2D eigenvalue weighted by atomic mass is 9.89. The van der Waals surface area contributed by atoms with Gasteiger partial charge in [-0.25, -0.2) is 4.39 Å². The molecule has 0 aliphatic heterocycles. The summed E-state index contributed by atoms with van der Waals surface area (Å²) in [6.07, 6.45) is 0.665. The molecule has 0 aromatic heterocycles. The minimum atomic E-state index is -0.639. The predicted octanol–water partition coefficient (Wildman–Crippen LogP) is 2.91. The molecule has 88 valence electrons. The van der Waals surface area contributed by atoms with Gasteiger partial charge in [0.2, 0.25) is 5.91 Å². The van der Waals surface area contributed by atoms with Crippen molar-refractivity contribution in [1.29, 1.82) is 0 Å². The van der Waals surface area contributed by atoms with E-state index < -0.39 is 11.2 Å². The molecule has 1 aromatic rings. The normalized spacial score (nSPS) is 11.2. The molecule has 4 heteroatoms. The molecule has 0 saturated carbocycles. The Morgan fingerprint density at radius 3 is 2.62 bits per heavy atom. The average molecular weight is 225 g/mol. The third-order valence-corrected chi connectivity index (χ3v) is 2.70. The number of phenols is 1. The molecule has 0 heterocycles. The second-order valence-electron chi connectivity index (χ2n) is 4.36. The second-order valence-corrected chi connectivity index (χ2v) is 4.36. The van der Waals surface area contributed by atoms with Crippen molar-refractivity contribution in [3.8, 4) is 5.75 Å². The number of halogens is 1. The third-order valence-electron chi connectivity index (χ3n) is 2.70. The number of phenolic OH excluding ortho intramolecular Hbond substituents is 1. The number of carbonyl (C=O) groups excluding carboxylic acids is 1. The summed E-state index contributed by atoms with van der Waals surface area (Å²) in [5.74, 6) is -1.04. The number of hydrogen-bond acceptors (Lipinski definition) is 2. The van der Waals surface area contributed by atoms with Crippen LogP contribution in [0.15, 0.2) is 18.2 Å². The zero-order valence-corrected chi connectivity index (χ0v) is 9.67. The maximum absolute atomic E-state index is 13.3. The number of carbonyl (C=O) groups is 1. The maximum atomic E-state index is 13.3. The molecule has 1 rings (SSSR count). The minimum Gasteiger partial charge on any atom is -0.508 e. The summed E-state index contributed by atoms with van der Waals surface area (Å²) < 4.78 is 13.3. The lowest BCUT2D eigenvalue weighted by molar-refractivity contribution is -0.124. The molecule has 1 aromatic carbocycles. The van der Waals surface area contributed by atoms with Crippen molar-refractivity contribution in [2.24, 2.45) is 5.41 Å². The summed E-state index contributed by atoms with van der Waals surface area (Å²) >= 11 is 0. The van der Waals surface area contributed by atoms with Gasteiger partial charge in [-0.1, -0.05) is 20.8 Å². The number of nitrogens with one attached hydrogen (secondary N) is 1. The zero-order chi connectivity index (χ0) is 12.3. The third kappa shape index (κ3) is 2.72. The highest BCUT2D eigenvalue weighted by atomic mass is 19.1. The first-order valence-electron chi connectivity index (χ1n) is 5.17. The number of amides is 1. The van der Waals surface area contributed by atoms with Crippen LogP contribution in [0.1, 0.15) is 27.2 Å². The van der Waals surface area contributed by atoms with Gasteiger partial charge in [-0.2, -0.15) is 0 Å². The smallest absolute Gasteiger partial charge is 0.230 e. The van der Waals surface area contributed by atoms with Gasteiger partial charge in [-0.3, -0.25) is 4.79 Å². The molecule has 0 aliphatic rings. The Balaban J connectivity index is 2.85. The van der Waals surface area contributed by atoms with Gasteiger partial charge in [-0.15, -0.1) is 0 Å². The maximum Gasteiger partial charge on any atom is 0.230 e. The fraction of sp³-hybridized carbons (Fsp3) is 0.417.